The molecule has 1 N–H and O–H groups in total. The monoisotopic (exact) mass is 348 g/mol. The van der Waals surface area contributed by atoms with Crippen LogP contribution in [-0.4, -0.2) is 54.1 Å². The van der Waals surface area contributed by atoms with Gasteiger partial charge in [0.2, 0.25) is 20.0 Å². The van der Waals surface area contributed by atoms with Gasteiger partial charge in [-0.2, -0.15) is 4.31 Å². The van der Waals surface area contributed by atoms with Crippen LogP contribution < -0.4 is 9.46 Å². The molecule has 22 heavy (non-hydrogen) atoms. The first kappa shape index (κ1) is 18.6. The zero-order valence-corrected chi connectivity index (χ0v) is 14.2. The van der Waals surface area contributed by atoms with Gasteiger partial charge in [-0.05, 0) is 24.3 Å². The molecule has 0 aliphatic rings. The van der Waals surface area contributed by atoms with E-state index in [-0.39, 0.29) is 24.5 Å². The molecule has 0 radical (unpaired) electrons. The summed E-state index contributed by atoms with van der Waals surface area (Å²) in [6.45, 7) is 3.60. The standard InChI is InChI=1S/C13H20N2O5S2/c1-4-10-15(21(3,16)17)11-9-14-22(18,19)13-7-5-12(20-2)6-8-13/h4-8,14H,1,9-11H2,2-3H3. The lowest BCUT2D eigenvalue weighted by Gasteiger charge is -2.18. The number of ether oxygens (including phenoxy) is 1. The van der Waals surface area contributed by atoms with Gasteiger partial charge in [0.05, 0.1) is 18.3 Å². The molecule has 0 saturated carbocycles. The van der Waals surface area contributed by atoms with Crippen molar-refractivity contribution in [3.63, 3.8) is 0 Å². The SMILES string of the molecule is C=CCN(CCNS(=O)(=O)c1ccc(OC)cc1)S(C)(=O)=O. The van der Waals surface area contributed by atoms with E-state index in [1.165, 1.54) is 37.5 Å². The lowest BCUT2D eigenvalue weighted by Crippen LogP contribution is -2.38. The predicted octanol–water partition coefficient (Wildman–Crippen LogP) is 0.421. The molecular formula is C13H20N2O5S2. The minimum atomic E-state index is -3.69. The fourth-order valence-corrected chi connectivity index (χ4v) is 3.50. The summed E-state index contributed by atoms with van der Waals surface area (Å²) in [4.78, 5) is 0.0860. The molecule has 1 aromatic rings. The Labute approximate surface area is 131 Å². The first-order valence-electron chi connectivity index (χ1n) is 6.40. The summed E-state index contributed by atoms with van der Waals surface area (Å²) in [6.07, 6.45) is 2.51. The maximum absolute atomic E-state index is 12.1. The van der Waals surface area contributed by atoms with E-state index in [1.807, 2.05) is 0 Å². The van der Waals surface area contributed by atoms with Crippen LogP contribution in [0.4, 0.5) is 0 Å². The van der Waals surface area contributed by atoms with Crippen molar-refractivity contribution >= 4 is 20.0 Å². The minimum Gasteiger partial charge on any atom is -0.497 e. The lowest BCUT2D eigenvalue weighted by molar-refractivity contribution is 0.414. The van der Waals surface area contributed by atoms with Crippen LogP contribution in [0.1, 0.15) is 0 Å². The summed E-state index contributed by atoms with van der Waals surface area (Å²) in [6, 6.07) is 5.91. The molecule has 0 aromatic heterocycles. The molecule has 1 aromatic carbocycles. The summed E-state index contributed by atoms with van der Waals surface area (Å²) >= 11 is 0. The second-order valence-electron chi connectivity index (χ2n) is 4.48. The summed E-state index contributed by atoms with van der Waals surface area (Å²) in [5.74, 6) is 0.549. The summed E-state index contributed by atoms with van der Waals surface area (Å²) in [5, 5.41) is 0. The van der Waals surface area contributed by atoms with Crippen molar-refractivity contribution in [2.24, 2.45) is 0 Å². The average molecular weight is 348 g/mol. The molecule has 7 nitrogen and oxygen atoms in total. The third-order valence-corrected chi connectivity index (χ3v) is 5.57. The van der Waals surface area contributed by atoms with Crippen LogP contribution in [-0.2, 0) is 20.0 Å². The molecule has 0 fully saturated rings. The van der Waals surface area contributed by atoms with Crippen LogP contribution in [0.2, 0.25) is 0 Å². The molecule has 0 amide bonds. The second-order valence-corrected chi connectivity index (χ2v) is 8.23. The molecule has 0 heterocycles. The molecule has 0 unspecified atom stereocenters. The van der Waals surface area contributed by atoms with Crippen LogP contribution in [0.3, 0.4) is 0 Å². The molecular weight excluding hydrogens is 328 g/mol. The fraction of sp³-hybridized carbons (Fsp3) is 0.385. The topological polar surface area (TPSA) is 92.8 Å². The molecule has 0 spiro atoms. The van der Waals surface area contributed by atoms with Gasteiger partial charge < -0.3 is 4.74 Å². The van der Waals surface area contributed by atoms with Gasteiger partial charge in [-0.15, -0.1) is 6.58 Å². The maximum atomic E-state index is 12.1. The van der Waals surface area contributed by atoms with E-state index in [1.54, 1.807) is 0 Å². The second kappa shape index (κ2) is 7.73. The Morgan fingerprint density at radius 3 is 2.27 bits per heavy atom. The summed E-state index contributed by atoms with van der Waals surface area (Å²) in [5.41, 5.74) is 0. The van der Waals surface area contributed by atoms with Gasteiger partial charge in [-0.3, -0.25) is 0 Å². The Balaban J connectivity index is 2.70. The number of benzene rings is 1. The molecule has 0 atom stereocenters. The number of nitrogens with zero attached hydrogens (tertiary/aromatic N) is 1. The Kier molecular flexibility index (Phi) is 6.54. The van der Waals surface area contributed by atoms with Crippen molar-refractivity contribution in [3.05, 3.63) is 36.9 Å². The largest absolute Gasteiger partial charge is 0.497 e. The summed E-state index contributed by atoms with van der Waals surface area (Å²) < 4.78 is 55.6. The smallest absolute Gasteiger partial charge is 0.240 e. The fourth-order valence-electron chi connectivity index (χ4n) is 1.68. The molecule has 0 aliphatic carbocycles. The minimum absolute atomic E-state index is 0.0280. The average Bonchev–Trinajstić information content (AvgIpc) is 2.45. The maximum Gasteiger partial charge on any atom is 0.240 e. The van der Waals surface area contributed by atoms with Crippen LogP contribution in [0.5, 0.6) is 5.75 Å². The zero-order chi connectivity index (χ0) is 16.8. The van der Waals surface area contributed by atoms with Crippen LogP contribution in [0, 0.1) is 0 Å². The van der Waals surface area contributed by atoms with Crippen LogP contribution in [0.25, 0.3) is 0 Å². The first-order chi connectivity index (χ1) is 10.2. The molecule has 0 aliphatic heterocycles. The quantitative estimate of drug-likeness (QED) is 0.653. The first-order valence-corrected chi connectivity index (χ1v) is 9.73. The molecule has 0 bridgehead atoms. The van der Waals surface area contributed by atoms with Gasteiger partial charge in [0.1, 0.15) is 5.75 Å². The Bertz CT molecular complexity index is 696. The zero-order valence-electron chi connectivity index (χ0n) is 12.5. The van der Waals surface area contributed by atoms with Gasteiger partial charge in [-0.1, -0.05) is 6.08 Å². The van der Waals surface area contributed by atoms with Crippen molar-refractivity contribution in [3.8, 4) is 5.75 Å². The van der Waals surface area contributed by atoms with Gasteiger partial charge in [0.15, 0.2) is 0 Å². The highest BCUT2D eigenvalue weighted by Crippen LogP contribution is 2.15. The number of methoxy groups -OCH3 is 1. The number of rotatable bonds is 9. The Morgan fingerprint density at radius 1 is 1.23 bits per heavy atom. The van der Waals surface area contributed by atoms with Crippen molar-refractivity contribution < 1.29 is 21.6 Å². The van der Waals surface area contributed by atoms with Crippen molar-refractivity contribution in [2.45, 2.75) is 4.90 Å². The van der Waals surface area contributed by atoms with Gasteiger partial charge >= 0.3 is 0 Å². The number of sulfonamides is 2. The van der Waals surface area contributed by atoms with Crippen molar-refractivity contribution in [1.82, 2.24) is 9.03 Å². The summed E-state index contributed by atoms with van der Waals surface area (Å²) in [7, 11) is -5.61. The third-order valence-electron chi connectivity index (χ3n) is 2.82. The van der Waals surface area contributed by atoms with E-state index in [9.17, 15) is 16.8 Å². The predicted molar refractivity (Wildman–Crippen MR) is 84.8 cm³/mol. The molecule has 0 saturated heterocycles. The van der Waals surface area contributed by atoms with Crippen molar-refractivity contribution in [1.29, 1.82) is 0 Å². The molecule has 1 rings (SSSR count). The van der Waals surface area contributed by atoms with Gasteiger partial charge in [-0.25, -0.2) is 21.6 Å². The Hall–Kier alpha value is -1.42. The molecule has 9 heteroatoms. The van der Waals surface area contributed by atoms with E-state index < -0.39 is 20.0 Å². The lowest BCUT2D eigenvalue weighted by atomic mass is 10.3. The van der Waals surface area contributed by atoms with E-state index in [2.05, 4.69) is 11.3 Å². The number of nitrogens with one attached hydrogen (secondary N) is 1. The highest BCUT2D eigenvalue weighted by molar-refractivity contribution is 7.89. The highest BCUT2D eigenvalue weighted by atomic mass is 32.2. The van der Waals surface area contributed by atoms with Crippen molar-refractivity contribution in [2.75, 3.05) is 33.0 Å². The van der Waals surface area contributed by atoms with E-state index in [4.69, 9.17) is 4.74 Å². The normalized spacial score (nSPS) is 12.3. The number of hydrogen-bond donors (Lipinski definition) is 1. The highest BCUT2D eigenvalue weighted by Gasteiger charge is 2.17. The third kappa shape index (κ3) is 5.41. The van der Waals surface area contributed by atoms with Gasteiger partial charge in [0.25, 0.3) is 0 Å². The van der Waals surface area contributed by atoms with E-state index in [0.29, 0.717) is 5.75 Å². The van der Waals surface area contributed by atoms with Gasteiger partial charge in [0, 0.05) is 19.6 Å². The number of hydrogen-bond acceptors (Lipinski definition) is 5. The van der Waals surface area contributed by atoms with E-state index >= 15 is 0 Å². The van der Waals surface area contributed by atoms with E-state index in [0.717, 1.165) is 10.6 Å². The van der Waals surface area contributed by atoms with Crippen LogP contribution >= 0.6 is 0 Å². The van der Waals surface area contributed by atoms with Crippen LogP contribution in [0.15, 0.2) is 41.8 Å². The molecule has 124 valence electrons. The Morgan fingerprint density at radius 2 is 1.82 bits per heavy atom.